The summed E-state index contributed by atoms with van der Waals surface area (Å²) in [6.07, 6.45) is 2.87. The van der Waals surface area contributed by atoms with Crippen molar-refractivity contribution >= 4 is 12.2 Å². The summed E-state index contributed by atoms with van der Waals surface area (Å²) in [7, 11) is 1.61. The van der Waals surface area contributed by atoms with Crippen LogP contribution in [-0.4, -0.2) is 18.5 Å². The predicted molar refractivity (Wildman–Crippen MR) is 106 cm³/mol. The molecule has 142 valence electrons. The van der Waals surface area contributed by atoms with Crippen LogP contribution in [0.25, 0.3) is 12.2 Å². The number of fused-ring (bicyclic) bond motifs is 1. The van der Waals surface area contributed by atoms with Gasteiger partial charge in [0.2, 0.25) is 0 Å². The van der Waals surface area contributed by atoms with Crippen molar-refractivity contribution in [2.75, 3.05) is 7.11 Å². The third kappa shape index (κ3) is 3.70. The van der Waals surface area contributed by atoms with Crippen molar-refractivity contribution in [2.24, 2.45) is 0 Å². The Kier molecular flexibility index (Phi) is 5.00. The Balaban J connectivity index is 1.67. The number of benzene rings is 2. The minimum absolute atomic E-state index is 0.268. The van der Waals surface area contributed by atoms with E-state index in [-0.39, 0.29) is 5.92 Å². The first kappa shape index (κ1) is 18.1. The fourth-order valence-electron chi connectivity index (χ4n) is 3.39. The lowest BCUT2D eigenvalue weighted by Crippen LogP contribution is -2.30. The first-order valence-corrected chi connectivity index (χ1v) is 9.04. The molecule has 0 bridgehead atoms. The van der Waals surface area contributed by atoms with Crippen LogP contribution in [0.15, 0.2) is 69.9 Å². The summed E-state index contributed by atoms with van der Waals surface area (Å²) < 4.78 is 16.2. The second-order valence-electron chi connectivity index (χ2n) is 6.59. The molecule has 1 N–H and O–H groups in total. The van der Waals surface area contributed by atoms with E-state index in [1.165, 1.54) is 0 Å². The number of rotatable bonds is 4. The number of hydrogen-bond donors (Lipinski definition) is 1. The average Bonchev–Trinajstić information content (AvgIpc) is 2.72. The van der Waals surface area contributed by atoms with Crippen molar-refractivity contribution < 1.29 is 19.0 Å². The minimum Gasteiger partial charge on any atom is -0.497 e. The fraction of sp³-hybridized carbons (Fsp3) is 0.174. The maximum Gasteiger partial charge on any atom is 0.343 e. The van der Waals surface area contributed by atoms with Gasteiger partial charge in [-0.1, -0.05) is 48.5 Å². The van der Waals surface area contributed by atoms with Crippen LogP contribution in [-0.2, 0) is 0 Å². The molecule has 0 fully saturated rings. The molecule has 0 spiro atoms. The van der Waals surface area contributed by atoms with Gasteiger partial charge in [-0.15, -0.1) is 0 Å². The van der Waals surface area contributed by atoms with Gasteiger partial charge in [0.1, 0.15) is 17.3 Å². The summed E-state index contributed by atoms with van der Waals surface area (Å²) >= 11 is 0. The summed E-state index contributed by atoms with van der Waals surface area (Å²) in [4.78, 5) is 12.7. The lowest BCUT2D eigenvalue weighted by molar-refractivity contribution is -0.0369. The first-order valence-electron chi connectivity index (χ1n) is 9.04. The number of methoxy groups -OCH3 is 1. The number of aliphatic hydroxyl groups excluding tert-OH is 1. The molecule has 1 aliphatic rings. The van der Waals surface area contributed by atoms with Crippen LogP contribution in [0.3, 0.4) is 0 Å². The SMILES string of the molecule is COc1ccc(/C=C/c2cc3c(c(=O)o2)[C@H](c2ccccc2)CC(O)O3)cc1. The zero-order valence-corrected chi connectivity index (χ0v) is 15.4. The van der Waals surface area contributed by atoms with Gasteiger partial charge in [-0.3, -0.25) is 0 Å². The second-order valence-corrected chi connectivity index (χ2v) is 6.59. The third-order valence-electron chi connectivity index (χ3n) is 4.78. The van der Waals surface area contributed by atoms with Crippen LogP contribution >= 0.6 is 0 Å². The van der Waals surface area contributed by atoms with E-state index >= 15 is 0 Å². The summed E-state index contributed by atoms with van der Waals surface area (Å²) in [5.74, 6) is 1.22. The predicted octanol–water partition coefficient (Wildman–Crippen LogP) is 4.05. The summed E-state index contributed by atoms with van der Waals surface area (Å²) in [5, 5.41) is 10.1. The van der Waals surface area contributed by atoms with Gasteiger partial charge in [0.25, 0.3) is 0 Å². The highest BCUT2D eigenvalue weighted by Gasteiger charge is 2.32. The number of ether oxygens (including phenoxy) is 2. The molecular formula is C23H20O5. The molecule has 3 aromatic rings. The number of aliphatic hydroxyl groups is 1. The highest BCUT2D eigenvalue weighted by Crippen LogP contribution is 2.38. The fourth-order valence-corrected chi connectivity index (χ4v) is 3.39. The van der Waals surface area contributed by atoms with Gasteiger partial charge in [0.05, 0.1) is 12.7 Å². The Morgan fingerprint density at radius 3 is 2.54 bits per heavy atom. The molecule has 1 aliphatic heterocycles. The average molecular weight is 376 g/mol. The minimum atomic E-state index is -0.974. The maximum atomic E-state index is 12.7. The Bertz CT molecular complexity index is 1030. The highest BCUT2D eigenvalue weighted by atomic mass is 16.6. The Labute approximate surface area is 162 Å². The quantitative estimate of drug-likeness (QED) is 0.744. The van der Waals surface area contributed by atoms with E-state index in [2.05, 4.69) is 0 Å². The summed E-state index contributed by atoms with van der Waals surface area (Å²) in [6.45, 7) is 0. The lowest BCUT2D eigenvalue weighted by Gasteiger charge is -2.28. The molecule has 2 atom stereocenters. The molecule has 0 amide bonds. The van der Waals surface area contributed by atoms with Gasteiger partial charge in [-0.2, -0.15) is 0 Å². The summed E-state index contributed by atoms with van der Waals surface area (Å²) in [6, 6.07) is 18.8. The molecule has 1 unspecified atom stereocenters. The van der Waals surface area contributed by atoms with Crippen LogP contribution in [0.5, 0.6) is 11.5 Å². The maximum absolute atomic E-state index is 12.7. The Morgan fingerprint density at radius 1 is 1.07 bits per heavy atom. The van der Waals surface area contributed by atoms with Gasteiger partial charge in [0.15, 0.2) is 6.29 Å². The number of hydrogen-bond acceptors (Lipinski definition) is 5. The van der Waals surface area contributed by atoms with Gasteiger partial charge < -0.3 is 19.0 Å². The van der Waals surface area contributed by atoms with Gasteiger partial charge in [-0.25, -0.2) is 4.79 Å². The highest BCUT2D eigenvalue weighted by molar-refractivity contribution is 5.68. The van der Waals surface area contributed by atoms with Crippen LogP contribution in [0, 0.1) is 0 Å². The van der Waals surface area contributed by atoms with Gasteiger partial charge in [-0.05, 0) is 29.3 Å². The van der Waals surface area contributed by atoms with Crippen LogP contribution in [0.1, 0.15) is 34.8 Å². The molecular weight excluding hydrogens is 356 g/mol. The molecule has 5 nitrogen and oxygen atoms in total. The van der Waals surface area contributed by atoms with Gasteiger partial charge in [0, 0.05) is 18.4 Å². The Morgan fingerprint density at radius 2 is 1.82 bits per heavy atom. The molecule has 0 radical (unpaired) electrons. The molecule has 2 heterocycles. The largest absolute Gasteiger partial charge is 0.497 e. The van der Waals surface area contributed by atoms with E-state index in [4.69, 9.17) is 13.9 Å². The van der Waals surface area contributed by atoms with Crippen molar-refractivity contribution in [3.05, 3.63) is 93.5 Å². The van der Waals surface area contributed by atoms with E-state index in [9.17, 15) is 9.90 Å². The molecule has 0 saturated heterocycles. The Hall–Kier alpha value is -3.31. The van der Waals surface area contributed by atoms with E-state index in [0.717, 1.165) is 16.9 Å². The van der Waals surface area contributed by atoms with E-state index in [1.807, 2.05) is 60.7 Å². The van der Waals surface area contributed by atoms with Crippen molar-refractivity contribution in [3.8, 4) is 11.5 Å². The van der Waals surface area contributed by atoms with Gasteiger partial charge >= 0.3 is 5.63 Å². The van der Waals surface area contributed by atoms with Crippen LogP contribution in [0.2, 0.25) is 0 Å². The molecule has 4 rings (SSSR count). The standard InChI is InChI=1S/C23H20O5/c1-26-17-10-7-15(8-11-17)9-12-18-13-20-22(23(25)27-18)19(14-21(24)28-20)16-5-3-2-4-6-16/h2-13,19,21,24H,14H2,1H3/b12-9+/t19-,21?/m0/s1. The van der Waals surface area contributed by atoms with Crippen molar-refractivity contribution in [1.82, 2.24) is 0 Å². The van der Waals surface area contributed by atoms with Crippen LogP contribution < -0.4 is 15.1 Å². The van der Waals surface area contributed by atoms with Crippen molar-refractivity contribution in [1.29, 1.82) is 0 Å². The zero-order valence-electron chi connectivity index (χ0n) is 15.4. The van der Waals surface area contributed by atoms with E-state index in [1.54, 1.807) is 19.3 Å². The van der Waals surface area contributed by atoms with E-state index < -0.39 is 11.9 Å². The third-order valence-corrected chi connectivity index (χ3v) is 4.78. The van der Waals surface area contributed by atoms with Crippen LogP contribution in [0.4, 0.5) is 0 Å². The molecule has 5 heteroatoms. The lowest BCUT2D eigenvalue weighted by atomic mass is 9.87. The monoisotopic (exact) mass is 376 g/mol. The smallest absolute Gasteiger partial charge is 0.343 e. The van der Waals surface area contributed by atoms with Crippen molar-refractivity contribution in [2.45, 2.75) is 18.6 Å². The molecule has 0 saturated carbocycles. The molecule has 28 heavy (non-hydrogen) atoms. The first-order chi connectivity index (χ1) is 13.6. The van der Waals surface area contributed by atoms with Crippen molar-refractivity contribution in [3.63, 3.8) is 0 Å². The normalized spacial score (nSPS) is 18.5. The summed E-state index contributed by atoms with van der Waals surface area (Å²) in [5.41, 5.74) is 1.87. The zero-order chi connectivity index (χ0) is 19.5. The molecule has 2 aromatic carbocycles. The molecule has 1 aromatic heterocycles. The second kappa shape index (κ2) is 7.74. The molecule has 0 aliphatic carbocycles. The topological polar surface area (TPSA) is 68.9 Å². The van der Waals surface area contributed by atoms with E-state index in [0.29, 0.717) is 23.5 Å².